The Labute approximate surface area is 118 Å². The Morgan fingerprint density at radius 1 is 1.00 bits per heavy atom. The molecule has 2 aliphatic rings. The van der Waals surface area contributed by atoms with Crippen molar-refractivity contribution in [2.75, 3.05) is 59.4 Å². The lowest BCUT2D eigenvalue weighted by Gasteiger charge is -2.51. The third kappa shape index (κ3) is 3.69. The van der Waals surface area contributed by atoms with Crippen molar-refractivity contribution in [1.82, 2.24) is 14.7 Å². The third-order valence-corrected chi connectivity index (χ3v) is 4.96. The van der Waals surface area contributed by atoms with Crippen molar-refractivity contribution < 1.29 is 0 Å². The van der Waals surface area contributed by atoms with Crippen LogP contribution in [0.3, 0.4) is 0 Å². The highest BCUT2D eigenvalue weighted by atomic mass is 15.3. The van der Waals surface area contributed by atoms with Gasteiger partial charge in [0.15, 0.2) is 0 Å². The molecule has 2 saturated heterocycles. The smallest absolute Gasteiger partial charge is 0.0357 e. The molecule has 4 nitrogen and oxygen atoms in total. The summed E-state index contributed by atoms with van der Waals surface area (Å²) in [4.78, 5) is 7.74. The van der Waals surface area contributed by atoms with Gasteiger partial charge in [0.05, 0.1) is 0 Å². The van der Waals surface area contributed by atoms with Crippen molar-refractivity contribution in [1.29, 1.82) is 0 Å². The predicted molar refractivity (Wildman–Crippen MR) is 81.4 cm³/mol. The van der Waals surface area contributed by atoms with Crippen molar-refractivity contribution in [3.05, 3.63) is 0 Å². The van der Waals surface area contributed by atoms with Crippen LogP contribution in [-0.4, -0.2) is 79.6 Å². The van der Waals surface area contributed by atoms with Crippen LogP contribution in [0.2, 0.25) is 0 Å². The molecule has 0 amide bonds. The van der Waals surface area contributed by atoms with E-state index in [0.29, 0.717) is 0 Å². The van der Waals surface area contributed by atoms with Gasteiger partial charge in [-0.25, -0.2) is 0 Å². The molecular formula is C15H32N4. The molecule has 0 atom stereocenters. The molecule has 112 valence electrons. The Morgan fingerprint density at radius 2 is 1.58 bits per heavy atom. The topological polar surface area (TPSA) is 35.7 Å². The van der Waals surface area contributed by atoms with E-state index in [0.717, 1.165) is 12.5 Å². The zero-order valence-electron chi connectivity index (χ0n) is 13.1. The number of nitrogens with zero attached hydrogens (tertiary/aromatic N) is 3. The fourth-order valence-electron chi connectivity index (χ4n) is 3.61. The molecule has 2 rings (SSSR count). The van der Waals surface area contributed by atoms with Crippen LogP contribution in [0.25, 0.3) is 0 Å². The summed E-state index contributed by atoms with van der Waals surface area (Å²) in [6, 6.07) is 0. The van der Waals surface area contributed by atoms with E-state index in [1.807, 2.05) is 0 Å². The monoisotopic (exact) mass is 268 g/mol. The third-order valence-electron chi connectivity index (χ3n) is 4.96. The molecule has 0 saturated carbocycles. The first-order valence-corrected chi connectivity index (χ1v) is 7.92. The van der Waals surface area contributed by atoms with Gasteiger partial charge in [0, 0.05) is 44.8 Å². The molecule has 0 aliphatic carbocycles. The number of likely N-dealkylation sites (tertiary alicyclic amines) is 1. The Morgan fingerprint density at radius 3 is 2.05 bits per heavy atom. The maximum Gasteiger partial charge on any atom is 0.0357 e. The molecule has 4 heteroatoms. The number of piperazine rings is 1. The summed E-state index contributed by atoms with van der Waals surface area (Å²) in [5.74, 6) is 0.776. The lowest BCUT2D eigenvalue weighted by Crippen LogP contribution is -2.63. The van der Waals surface area contributed by atoms with E-state index in [4.69, 9.17) is 5.73 Å². The molecule has 19 heavy (non-hydrogen) atoms. The number of hydrogen-bond acceptors (Lipinski definition) is 4. The highest BCUT2D eigenvalue weighted by Crippen LogP contribution is 2.28. The van der Waals surface area contributed by atoms with Gasteiger partial charge < -0.3 is 15.5 Å². The molecule has 0 aromatic rings. The van der Waals surface area contributed by atoms with E-state index in [-0.39, 0.29) is 5.54 Å². The van der Waals surface area contributed by atoms with E-state index in [1.165, 1.54) is 58.7 Å². The second-order valence-corrected chi connectivity index (χ2v) is 6.91. The molecule has 0 radical (unpaired) electrons. The molecule has 0 unspecified atom stereocenters. The Kier molecular flexibility index (Phi) is 5.23. The van der Waals surface area contributed by atoms with Crippen LogP contribution in [-0.2, 0) is 0 Å². The van der Waals surface area contributed by atoms with Gasteiger partial charge in [0.1, 0.15) is 0 Å². The highest BCUT2D eigenvalue weighted by molar-refractivity contribution is 4.97. The van der Waals surface area contributed by atoms with Crippen molar-refractivity contribution in [2.24, 2.45) is 11.7 Å². The van der Waals surface area contributed by atoms with Crippen molar-refractivity contribution >= 4 is 0 Å². The number of rotatable bonds is 4. The van der Waals surface area contributed by atoms with Crippen LogP contribution >= 0.6 is 0 Å². The van der Waals surface area contributed by atoms with Crippen LogP contribution in [0, 0.1) is 5.92 Å². The molecule has 0 spiro atoms. The number of piperidine rings is 1. The standard InChI is InChI=1S/C15H32N4/c1-14(2)12-18-8-10-19(11-9-18)15(13-16)4-6-17(3)7-5-15/h14H,4-13,16H2,1-3H3. The maximum atomic E-state index is 6.16. The van der Waals surface area contributed by atoms with Gasteiger partial charge in [-0.2, -0.15) is 0 Å². The predicted octanol–water partition coefficient (Wildman–Crippen LogP) is 0.683. The Balaban J connectivity index is 1.88. The second kappa shape index (κ2) is 6.53. The maximum absolute atomic E-state index is 6.16. The van der Waals surface area contributed by atoms with Crippen LogP contribution < -0.4 is 5.73 Å². The quantitative estimate of drug-likeness (QED) is 0.813. The van der Waals surface area contributed by atoms with Crippen molar-refractivity contribution in [3.63, 3.8) is 0 Å². The minimum atomic E-state index is 0.288. The molecular weight excluding hydrogens is 236 g/mol. The minimum absolute atomic E-state index is 0.288. The van der Waals surface area contributed by atoms with Crippen LogP contribution in [0.1, 0.15) is 26.7 Å². The zero-order valence-corrected chi connectivity index (χ0v) is 13.1. The van der Waals surface area contributed by atoms with Gasteiger partial charge in [-0.1, -0.05) is 13.8 Å². The molecule has 0 aromatic heterocycles. The van der Waals surface area contributed by atoms with Gasteiger partial charge in [0.25, 0.3) is 0 Å². The van der Waals surface area contributed by atoms with Gasteiger partial charge in [-0.15, -0.1) is 0 Å². The summed E-state index contributed by atoms with van der Waals surface area (Å²) >= 11 is 0. The SMILES string of the molecule is CC(C)CN1CCN(C2(CN)CCN(C)CC2)CC1. The van der Waals surface area contributed by atoms with Crippen LogP contribution in [0.5, 0.6) is 0 Å². The van der Waals surface area contributed by atoms with Gasteiger partial charge in [-0.05, 0) is 38.9 Å². The first-order chi connectivity index (χ1) is 9.05. The van der Waals surface area contributed by atoms with Gasteiger partial charge in [0.2, 0.25) is 0 Å². The molecule has 0 bridgehead atoms. The molecule has 0 aromatic carbocycles. The van der Waals surface area contributed by atoms with E-state index in [2.05, 4.69) is 35.6 Å². The number of nitrogens with two attached hydrogens (primary N) is 1. The second-order valence-electron chi connectivity index (χ2n) is 6.91. The summed E-state index contributed by atoms with van der Waals surface area (Å²) in [5.41, 5.74) is 6.44. The first-order valence-electron chi connectivity index (χ1n) is 7.92. The average Bonchev–Trinajstić information content (AvgIpc) is 2.40. The number of hydrogen-bond donors (Lipinski definition) is 1. The summed E-state index contributed by atoms with van der Waals surface area (Å²) in [5, 5.41) is 0. The fourth-order valence-corrected chi connectivity index (χ4v) is 3.61. The minimum Gasteiger partial charge on any atom is -0.329 e. The molecule has 2 heterocycles. The van der Waals surface area contributed by atoms with Gasteiger partial charge in [-0.3, -0.25) is 4.90 Å². The van der Waals surface area contributed by atoms with E-state index >= 15 is 0 Å². The summed E-state index contributed by atoms with van der Waals surface area (Å²) in [6.45, 7) is 13.9. The summed E-state index contributed by atoms with van der Waals surface area (Å²) in [7, 11) is 2.22. The van der Waals surface area contributed by atoms with E-state index in [1.54, 1.807) is 0 Å². The van der Waals surface area contributed by atoms with Crippen LogP contribution in [0.4, 0.5) is 0 Å². The van der Waals surface area contributed by atoms with E-state index < -0.39 is 0 Å². The van der Waals surface area contributed by atoms with E-state index in [9.17, 15) is 0 Å². The average molecular weight is 268 g/mol. The Bertz CT molecular complexity index is 263. The largest absolute Gasteiger partial charge is 0.329 e. The zero-order chi connectivity index (χ0) is 13.9. The highest BCUT2D eigenvalue weighted by Gasteiger charge is 2.39. The van der Waals surface area contributed by atoms with Crippen molar-refractivity contribution in [2.45, 2.75) is 32.2 Å². The van der Waals surface area contributed by atoms with Crippen LogP contribution in [0.15, 0.2) is 0 Å². The lowest BCUT2D eigenvalue weighted by atomic mass is 9.85. The first kappa shape index (κ1) is 15.2. The molecule has 2 N–H and O–H groups in total. The normalized spacial score (nSPS) is 27.0. The Hall–Kier alpha value is -0.160. The van der Waals surface area contributed by atoms with Gasteiger partial charge >= 0.3 is 0 Å². The fraction of sp³-hybridized carbons (Fsp3) is 1.00. The summed E-state index contributed by atoms with van der Waals surface area (Å²) < 4.78 is 0. The molecule has 2 aliphatic heterocycles. The summed E-state index contributed by atoms with van der Waals surface area (Å²) in [6.07, 6.45) is 2.48. The lowest BCUT2D eigenvalue weighted by molar-refractivity contribution is -0.00322. The van der Waals surface area contributed by atoms with Crippen molar-refractivity contribution in [3.8, 4) is 0 Å². The molecule has 2 fully saturated rings.